The second-order valence-electron chi connectivity index (χ2n) is 5.14. The number of nitrogens with zero attached hydrogens (tertiary/aromatic N) is 1. The van der Waals surface area contributed by atoms with Crippen LogP contribution in [-0.4, -0.2) is 17.4 Å². The highest BCUT2D eigenvalue weighted by molar-refractivity contribution is 5.93. The van der Waals surface area contributed by atoms with Gasteiger partial charge < -0.3 is 10.6 Å². The molecule has 1 amide bonds. The van der Waals surface area contributed by atoms with E-state index in [9.17, 15) is 9.18 Å². The van der Waals surface area contributed by atoms with Crippen LogP contribution in [0, 0.1) is 11.7 Å². The summed E-state index contributed by atoms with van der Waals surface area (Å²) in [5.74, 6) is -0.213. The number of amides is 1. The summed E-state index contributed by atoms with van der Waals surface area (Å²) in [4.78, 5) is 16.0. The molecule has 1 aromatic heterocycles. The fourth-order valence-electron chi connectivity index (χ4n) is 1.74. The molecule has 4 nitrogen and oxygen atoms in total. The van der Waals surface area contributed by atoms with E-state index in [1.807, 2.05) is 13.8 Å². The van der Waals surface area contributed by atoms with E-state index in [0.29, 0.717) is 29.5 Å². The van der Waals surface area contributed by atoms with Gasteiger partial charge in [-0.1, -0.05) is 26.0 Å². The van der Waals surface area contributed by atoms with Gasteiger partial charge in [0.15, 0.2) is 0 Å². The first kappa shape index (κ1) is 15.0. The number of halogens is 1. The fourth-order valence-corrected chi connectivity index (χ4v) is 1.74. The van der Waals surface area contributed by atoms with Gasteiger partial charge in [-0.2, -0.15) is 0 Å². The Morgan fingerprint density at radius 3 is 2.76 bits per heavy atom. The number of carbonyl (C=O) groups excluding carboxylic acids is 1. The second kappa shape index (κ2) is 6.83. The van der Waals surface area contributed by atoms with Crippen LogP contribution in [0.1, 0.15) is 24.3 Å². The molecule has 0 spiro atoms. The normalized spacial score (nSPS) is 10.5. The van der Waals surface area contributed by atoms with Gasteiger partial charge in [0.25, 0.3) is 5.91 Å². The highest BCUT2D eigenvalue weighted by Crippen LogP contribution is 2.19. The average molecular weight is 287 g/mol. The summed E-state index contributed by atoms with van der Waals surface area (Å²) in [5, 5.41) is 5.73. The van der Waals surface area contributed by atoms with Gasteiger partial charge in [-0.25, -0.2) is 4.39 Å². The maximum absolute atomic E-state index is 13.6. The maximum Gasteiger partial charge on any atom is 0.269 e. The topological polar surface area (TPSA) is 54.0 Å². The summed E-state index contributed by atoms with van der Waals surface area (Å²) in [6.07, 6.45) is 1.52. The van der Waals surface area contributed by atoms with E-state index in [1.54, 1.807) is 30.3 Å². The SMILES string of the molecule is CC(C)CNC(=O)c1cc(Nc2ccccc2F)ccn1. The molecule has 1 aromatic carbocycles. The molecule has 5 heteroatoms. The first-order chi connectivity index (χ1) is 10.1. The van der Waals surface area contributed by atoms with E-state index in [4.69, 9.17) is 0 Å². The van der Waals surface area contributed by atoms with Gasteiger partial charge in [-0.05, 0) is 30.2 Å². The van der Waals surface area contributed by atoms with Crippen LogP contribution in [0.5, 0.6) is 0 Å². The van der Waals surface area contributed by atoms with E-state index < -0.39 is 0 Å². The van der Waals surface area contributed by atoms with Crippen molar-refractivity contribution in [2.24, 2.45) is 5.92 Å². The summed E-state index contributed by atoms with van der Waals surface area (Å²) < 4.78 is 13.6. The quantitative estimate of drug-likeness (QED) is 0.886. The van der Waals surface area contributed by atoms with E-state index in [1.165, 1.54) is 12.3 Å². The smallest absolute Gasteiger partial charge is 0.269 e. The molecule has 2 N–H and O–H groups in total. The zero-order chi connectivity index (χ0) is 15.2. The Morgan fingerprint density at radius 1 is 1.29 bits per heavy atom. The first-order valence-electron chi connectivity index (χ1n) is 6.82. The molecule has 0 unspecified atom stereocenters. The van der Waals surface area contributed by atoms with Gasteiger partial charge in [0.1, 0.15) is 11.5 Å². The number of anilines is 2. The van der Waals surface area contributed by atoms with Gasteiger partial charge in [0.2, 0.25) is 0 Å². The number of aromatic nitrogens is 1. The number of para-hydroxylation sites is 1. The van der Waals surface area contributed by atoms with Crippen molar-refractivity contribution in [3.05, 3.63) is 54.1 Å². The highest BCUT2D eigenvalue weighted by atomic mass is 19.1. The van der Waals surface area contributed by atoms with Gasteiger partial charge in [-0.3, -0.25) is 9.78 Å². The van der Waals surface area contributed by atoms with E-state index in [0.717, 1.165) is 0 Å². The molecule has 0 aliphatic carbocycles. The predicted octanol–water partition coefficient (Wildman–Crippen LogP) is 3.35. The van der Waals surface area contributed by atoms with Gasteiger partial charge >= 0.3 is 0 Å². The van der Waals surface area contributed by atoms with Crippen molar-refractivity contribution >= 4 is 17.3 Å². The summed E-state index contributed by atoms with van der Waals surface area (Å²) in [7, 11) is 0. The molecule has 0 atom stereocenters. The van der Waals surface area contributed by atoms with Gasteiger partial charge in [0.05, 0.1) is 5.69 Å². The van der Waals surface area contributed by atoms with Gasteiger partial charge in [-0.15, -0.1) is 0 Å². The molecule has 2 aromatic rings. The lowest BCUT2D eigenvalue weighted by Gasteiger charge is -2.10. The third-order valence-corrected chi connectivity index (χ3v) is 2.82. The largest absolute Gasteiger partial charge is 0.353 e. The molecule has 0 aliphatic heterocycles. The van der Waals surface area contributed by atoms with Crippen LogP contribution in [0.15, 0.2) is 42.6 Å². The lowest BCUT2D eigenvalue weighted by atomic mass is 10.2. The van der Waals surface area contributed by atoms with Crippen LogP contribution >= 0.6 is 0 Å². The number of rotatable bonds is 5. The maximum atomic E-state index is 13.6. The van der Waals surface area contributed by atoms with Crippen LogP contribution in [0.4, 0.5) is 15.8 Å². The minimum absolute atomic E-state index is 0.235. The third-order valence-electron chi connectivity index (χ3n) is 2.82. The van der Waals surface area contributed by atoms with Crippen molar-refractivity contribution in [2.45, 2.75) is 13.8 Å². The number of nitrogens with one attached hydrogen (secondary N) is 2. The number of benzene rings is 1. The molecule has 2 rings (SSSR count). The molecule has 21 heavy (non-hydrogen) atoms. The van der Waals surface area contributed by atoms with E-state index in [2.05, 4.69) is 15.6 Å². The van der Waals surface area contributed by atoms with E-state index >= 15 is 0 Å². The molecular weight excluding hydrogens is 269 g/mol. The first-order valence-corrected chi connectivity index (χ1v) is 6.82. The molecule has 0 saturated carbocycles. The lowest BCUT2D eigenvalue weighted by Crippen LogP contribution is -2.28. The fraction of sp³-hybridized carbons (Fsp3) is 0.250. The zero-order valence-electron chi connectivity index (χ0n) is 12.1. The Balaban J connectivity index is 2.11. The number of pyridine rings is 1. The van der Waals surface area contributed by atoms with Crippen molar-refractivity contribution in [3.63, 3.8) is 0 Å². The van der Waals surface area contributed by atoms with E-state index in [-0.39, 0.29) is 11.7 Å². The van der Waals surface area contributed by atoms with Crippen molar-refractivity contribution in [3.8, 4) is 0 Å². The molecule has 0 fully saturated rings. The van der Waals surface area contributed by atoms with Crippen LogP contribution in [0.25, 0.3) is 0 Å². The monoisotopic (exact) mass is 287 g/mol. The van der Waals surface area contributed by atoms with Crippen molar-refractivity contribution < 1.29 is 9.18 Å². The molecule has 0 radical (unpaired) electrons. The standard InChI is InChI=1S/C16H18FN3O/c1-11(2)10-19-16(21)15-9-12(7-8-18-15)20-14-6-4-3-5-13(14)17/h3-9,11H,10H2,1-2H3,(H,18,20)(H,19,21). The molecule has 110 valence electrons. The Hall–Kier alpha value is -2.43. The molecule has 1 heterocycles. The molecular formula is C16H18FN3O. The summed E-state index contributed by atoms with van der Waals surface area (Å²) in [5.41, 5.74) is 1.28. The predicted molar refractivity (Wildman–Crippen MR) is 81.1 cm³/mol. The number of carbonyl (C=O) groups is 1. The van der Waals surface area contributed by atoms with Gasteiger partial charge in [0, 0.05) is 18.4 Å². The van der Waals surface area contributed by atoms with Crippen molar-refractivity contribution in [1.82, 2.24) is 10.3 Å². The lowest BCUT2D eigenvalue weighted by molar-refractivity contribution is 0.0944. The molecule has 0 bridgehead atoms. The number of hydrogen-bond acceptors (Lipinski definition) is 3. The van der Waals surface area contributed by atoms with Crippen LogP contribution in [0.2, 0.25) is 0 Å². The Bertz CT molecular complexity index is 628. The summed E-state index contributed by atoms with van der Waals surface area (Å²) in [6, 6.07) is 9.66. The number of hydrogen-bond donors (Lipinski definition) is 2. The minimum atomic E-state index is -0.347. The Morgan fingerprint density at radius 2 is 2.05 bits per heavy atom. The molecule has 0 saturated heterocycles. The third kappa shape index (κ3) is 4.27. The average Bonchev–Trinajstić information content (AvgIpc) is 2.47. The molecule has 0 aliphatic rings. The zero-order valence-corrected chi connectivity index (χ0v) is 12.1. The van der Waals surface area contributed by atoms with Crippen molar-refractivity contribution in [1.29, 1.82) is 0 Å². The summed E-state index contributed by atoms with van der Waals surface area (Å²) >= 11 is 0. The highest BCUT2D eigenvalue weighted by Gasteiger charge is 2.09. The summed E-state index contributed by atoms with van der Waals surface area (Å²) in [6.45, 7) is 4.62. The minimum Gasteiger partial charge on any atom is -0.353 e. The van der Waals surface area contributed by atoms with Crippen LogP contribution in [-0.2, 0) is 0 Å². The Labute approximate surface area is 123 Å². The van der Waals surface area contributed by atoms with Crippen LogP contribution in [0.3, 0.4) is 0 Å². The second-order valence-corrected chi connectivity index (χ2v) is 5.14. The Kier molecular flexibility index (Phi) is 4.87. The van der Waals surface area contributed by atoms with Crippen molar-refractivity contribution in [2.75, 3.05) is 11.9 Å². The van der Waals surface area contributed by atoms with Crippen LogP contribution < -0.4 is 10.6 Å².